The number of aromatic amines is 1. The highest BCUT2D eigenvalue weighted by Crippen LogP contribution is 2.23. The van der Waals surface area contributed by atoms with Crippen LogP contribution in [0.4, 0.5) is 0 Å². The van der Waals surface area contributed by atoms with Crippen LogP contribution >= 0.6 is 0 Å². The fourth-order valence-corrected chi connectivity index (χ4v) is 2.42. The van der Waals surface area contributed by atoms with Crippen LogP contribution in [0.15, 0.2) is 48.7 Å². The van der Waals surface area contributed by atoms with E-state index in [2.05, 4.69) is 63.2 Å². The number of hydrogen-bond acceptors (Lipinski definition) is 3. The summed E-state index contributed by atoms with van der Waals surface area (Å²) in [6.45, 7) is 0. The summed E-state index contributed by atoms with van der Waals surface area (Å²) in [4.78, 5) is 0. The molecule has 0 aliphatic carbocycles. The van der Waals surface area contributed by atoms with Gasteiger partial charge in [0.15, 0.2) is 0 Å². The summed E-state index contributed by atoms with van der Waals surface area (Å²) in [7, 11) is 1.95. The number of nitrogens with one attached hydrogen (secondary N) is 2. The highest BCUT2D eigenvalue weighted by molar-refractivity contribution is 5.85. The molecule has 96 valence electrons. The van der Waals surface area contributed by atoms with Crippen LogP contribution < -0.4 is 5.32 Å². The van der Waals surface area contributed by atoms with Crippen molar-refractivity contribution in [2.75, 3.05) is 7.05 Å². The minimum absolute atomic E-state index is 0.171. The van der Waals surface area contributed by atoms with Crippen molar-refractivity contribution < 1.29 is 0 Å². The maximum absolute atomic E-state index is 4.17. The molecular weight excluding hydrogens is 236 g/mol. The molecule has 0 spiro atoms. The van der Waals surface area contributed by atoms with Crippen LogP contribution in [0.3, 0.4) is 0 Å². The van der Waals surface area contributed by atoms with Crippen LogP contribution in [0.25, 0.3) is 10.8 Å². The Hall–Kier alpha value is -2.20. The number of fused-ring (bicyclic) bond motifs is 1. The molecule has 1 aromatic heterocycles. The van der Waals surface area contributed by atoms with Crippen molar-refractivity contribution in [3.63, 3.8) is 0 Å². The quantitative estimate of drug-likeness (QED) is 0.750. The standard InChI is InChI=1S/C15H16N4/c1-16-14(15-10-17-19-18-15)9-12-7-4-6-11-5-2-3-8-13(11)12/h2-8,10,14,16H,9H2,1H3,(H,17,18,19). The van der Waals surface area contributed by atoms with Crippen molar-refractivity contribution in [1.29, 1.82) is 0 Å². The van der Waals surface area contributed by atoms with Gasteiger partial charge in [-0.25, -0.2) is 0 Å². The minimum atomic E-state index is 0.171. The molecule has 0 radical (unpaired) electrons. The Kier molecular flexibility index (Phi) is 3.25. The van der Waals surface area contributed by atoms with E-state index in [0.29, 0.717) is 0 Å². The zero-order valence-electron chi connectivity index (χ0n) is 10.8. The molecule has 0 saturated carbocycles. The molecule has 0 saturated heterocycles. The first-order chi connectivity index (χ1) is 9.38. The molecule has 1 atom stereocenters. The minimum Gasteiger partial charge on any atom is -0.311 e. The molecule has 4 heteroatoms. The number of aromatic nitrogens is 3. The van der Waals surface area contributed by atoms with Crippen molar-refractivity contribution in [3.8, 4) is 0 Å². The molecule has 3 aromatic rings. The number of likely N-dealkylation sites (N-methyl/N-ethyl adjacent to an activating group) is 1. The van der Waals surface area contributed by atoms with E-state index in [9.17, 15) is 0 Å². The lowest BCUT2D eigenvalue weighted by Gasteiger charge is -2.14. The van der Waals surface area contributed by atoms with E-state index in [-0.39, 0.29) is 6.04 Å². The molecule has 0 fully saturated rings. The van der Waals surface area contributed by atoms with Crippen LogP contribution in [0.1, 0.15) is 17.3 Å². The Morgan fingerprint density at radius 3 is 2.79 bits per heavy atom. The topological polar surface area (TPSA) is 53.6 Å². The highest BCUT2D eigenvalue weighted by Gasteiger charge is 2.14. The van der Waals surface area contributed by atoms with Gasteiger partial charge >= 0.3 is 0 Å². The Labute approximate surface area is 111 Å². The molecule has 0 amide bonds. The van der Waals surface area contributed by atoms with Crippen LogP contribution in [0.5, 0.6) is 0 Å². The molecule has 2 N–H and O–H groups in total. The van der Waals surface area contributed by atoms with Gasteiger partial charge in [-0.3, -0.25) is 0 Å². The first-order valence-corrected chi connectivity index (χ1v) is 6.38. The van der Waals surface area contributed by atoms with Crippen LogP contribution in [-0.2, 0) is 6.42 Å². The Bertz CT molecular complexity index is 655. The van der Waals surface area contributed by atoms with Gasteiger partial charge in [0.25, 0.3) is 0 Å². The summed E-state index contributed by atoms with van der Waals surface area (Å²) in [5.74, 6) is 0. The second-order valence-electron chi connectivity index (χ2n) is 4.58. The molecule has 2 aromatic carbocycles. The van der Waals surface area contributed by atoms with Gasteiger partial charge in [0.2, 0.25) is 0 Å². The maximum atomic E-state index is 4.17. The highest BCUT2D eigenvalue weighted by atomic mass is 15.3. The molecule has 3 rings (SSSR count). The van der Waals surface area contributed by atoms with Crippen LogP contribution in [0.2, 0.25) is 0 Å². The first kappa shape index (κ1) is 11.9. The van der Waals surface area contributed by atoms with Crippen molar-refractivity contribution in [3.05, 3.63) is 59.9 Å². The van der Waals surface area contributed by atoms with Gasteiger partial charge in [0, 0.05) is 0 Å². The van der Waals surface area contributed by atoms with E-state index >= 15 is 0 Å². The molecule has 19 heavy (non-hydrogen) atoms. The summed E-state index contributed by atoms with van der Waals surface area (Å²) in [5.41, 5.74) is 2.26. The lowest BCUT2D eigenvalue weighted by atomic mass is 9.98. The van der Waals surface area contributed by atoms with Crippen molar-refractivity contribution >= 4 is 10.8 Å². The van der Waals surface area contributed by atoms with Gasteiger partial charge in [-0.2, -0.15) is 15.4 Å². The second kappa shape index (κ2) is 5.20. The predicted octanol–water partition coefficient (Wildman–Crippen LogP) is 2.46. The molecule has 1 heterocycles. The molecule has 0 bridgehead atoms. The van der Waals surface area contributed by atoms with Gasteiger partial charge in [-0.05, 0) is 29.8 Å². The lowest BCUT2D eigenvalue weighted by molar-refractivity contribution is 0.576. The SMILES string of the molecule is CNC(Cc1cccc2ccccc12)c1cn[nH]n1. The average molecular weight is 252 g/mol. The summed E-state index contributed by atoms with van der Waals surface area (Å²) in [6.07, 6.45) is 2.66. The van der Waals surface area contributed by atoms with Gasteiger partial charge in [-0.15, -0.1) is 0 Å². The van der Waals surface area contributed by atoms with Gasteiger partial charge in [-0.1, -0.05) is 42.5 Å². The van der Waals surface area contributed by atoms with Crippen molar-refractivity contribution in [2.45, 2.75) is 12.5 Å². The Balaban J connectivity index is 1.96. The zero-order valence-corrected chi connectivity index (χ0v) is 10.8. The largest absolute Gasteiger partial charge is 0.311 e. The monoisotopic (exact) mass is 252 g/mol. The summed E-state index contributed by atoms with van der Waals surface area (Å²) < 4.78 is 0. The van der Waals surface area contributed by atoms with E-state index < -0.39 is 0 Å². The first-order valence-electron chi connectivity index (χ1n) is 6.38. The third-order valence-corrected chi connectivity index (χ3v) is 3.44. The van der Waals surface area contributed by atoms with Gasteiger partial charge in [0.05, 0.1) is 17.9 Å². The third-order valence-electron chi connectivity index (χ3n) is 3.44. The fraction of sp³-hybridized carbons (Fsp3) is 0.200. The third kappa shape index (κ3) is 2.35. The molecule has 4 nitrogen and oxygen atoms in total. The Morgan fingerprint density at radius 2 is 2.00 bits per heavy atom. The average Bonchev–Trinajstić information content (AvgIpc) is 2.99. The number of H-pyrrole nitrogens is 1. The van der Waals surface area contributed by atoms with E-state index in [1.54, 1.807) is 6.20 Å². The van der Waals surface area contributed by atoms with E-state index in [0.717, 1.165) is 12.1 Å². The number of nitrogens with zero attached hydrogens (tertiary/aromatic N) is 2. The van der Waals surface area contributed by atoms with Gasteiger partial charge in [0.1, 0.15) is 0 Å². The van der Waals surface area contributed by atoms with E-state index in [1.165, 1.54) is 16.3 Å². The molecule has 0 aliphatic heterocycles. The summed E-state index contributed by atoms with van der Waals surface area (Å²) >= 11 is 0. The Morgan fingerprint density at radius 1 is 1.16 bits per heavy atom. The van der Waals surface area contributed by atoms with Crippen LogP contribution in [0, 0.1) is 0 Å². The summed E-state index contributed by atoms with van der Waals surface area (Å²) in [5, 5.41) is 16.6. The molecule has 1 unspecified atom stereocenters. The maximum Gasteiger partial charge on any atom is 0.0997 e. The van der Waals surface area contributed by atoms with Gasteiger partial charge < -0.3 is 5.32 Å². The zero-order chi connectivity index (χ0) is 13.1. The smallest absolute Gasteiger partial charge is 0.0997 e. The van der Waals surface area contributed by atoms with Crippen molar-refractivity contribution in [2.24, 2.45) is 0 Å². The normalized spacial score (nSPS) is 12.7. The summed E-state index contributed by atoms with van der Waals surface area (Å²) in [6, 6.07) is 15.0. The van der Waals surface area contributed by atoms with Crippen LogP contribution in [-0.4, -0.2) is 22.5 Å². The van der Waals surface area contributed by atoms with Crippen molar-refractivity contribution in [1.82, 2.24) is 20.7 Å². The lowest BCUT2D eigenvalue weighted by Crippen LogP contribution is -2.19. The number of hydrogen-bond donors (Lipinski definition) is 2. The second-order valence-corrected chi connectivity index (χ2v) is 4.58. The fourth-order valence-electron chi connectivity index (χ4n) is 2.42. The molecule has 0 aliphatic rings. The van der Waals surface area contributed by atoms with E-state index in [1.807, 2.05) is 7.05 Å². The number of rotatable bonds is 4. The number of benzene rings is 2. The molecular formula is C15H16N4. The predicted molar refractivity (Wildman–Crippen MR) is 75.8 cm³/mol. The van der Waals surface area contributed by atoms with E-state index in [4.69, 9.17) is 0 Å².